The molecule has 1 aromatic rings. The van der Waals surface area contributed by atoms with Gasteiger partial charge in [0.1, 0.15) is 5.82 Å². The quantitative estimate of drug-likeness (QED) is 0.860. The number of hydrogen-bond acceptors (Lipinski definition) is 3. The van der Waals surface area contributed by atoms with E-state index in [1.54, 1.807) is 12.1 Å². The molecular formula is C10H11BrFNO2. The Morgan fingerprint density at radius 2 is 2.33 bits per heavy atom. The predicted molar refractivity (Wildman–Crippen MR) is 57.7 cm³/mol. The Morgan fingerprint density at radius 3 is 2.87 bits per heavy atom. The van der Waals surface area contributed by atoms with E-state index in [0.717, 1.165) is 0 Å². The van der Waals surface area contributed by atoms with Gasteiger partial charge >= 0.3 is 5.97 Å². The number of carbonyl (C=O) groups is 1. The normalized spacial score (nSPS) is 12.3. The number of benzene rings is 1. The van der Waals surface area contributed by atoms with Gasteiger partial charge in [0.05, 0.1) is 18.0 Å². The summed E-state index contributed by atoms with van der Waals surface area (Å²) in [5.41, 5.74) is 6.28. The summed E-state index contributed by atoms with van der Waals surface area (Å²) >= 11 is 3.04. The highest BCUT2D eigenvalue weighted by molar-refractivity contribution is 9.10. The van der Waals surface area contributed by atoms with Gasteiger partial charge in [0.2, 0.25) is 0 Å². The maximum Gasteiger partial charge on any atom is 0.307 e. The van der Waals surface area contributed by atoms with Gasteiger partial charge in [-0.3, -0.25) is 4.79 Å². The highest BCUT2D eigenvalue weighted by Gasteiger charge is 2.13. The molecule has 1 rings (SSSR count). The van der Waals surface area contributed by atoms with E-state index in [2.05, 4.69) is 20.7 Å². The summed E-state index contributed by atoms with van der Waals surface area (Å²) in [6, 6.07) is 3.99. The van der Waals surface area contributed by atoms with Crippen molar-refractivity contribution >= 4 is 21.9 Å². The van der Waals surface area contributed by atoms with Crippen molar-refractivity contribution in [2.45, 2.75) is 12.5 Å². The highest BCUT2D eigenvalue weighted by atomic mass is 79.9. The van der Waals surface area contributed by atoms with Crippen molar-refractivity contribution in [2.75, 3.05) is 7.11 Å². The second-order valence-corrected chi connectivity index (χ2v) is 3.91. The first-order valence-electron chi connectivity index (χ1n) is 4.32. The lowest BCUT2D eigenvalue weighted by molar-refractivity contribution is -0.141. The van der Waals surface area contributed by atoms with Gasteiger partial charge in [0.15, 0.2) is 0 Å². The van der Waals surface area contributed by atoms with E-state index >= 15 is 0 Å². The molecule has 1 unspecified atom stereocenters. The molecule has 0 saturated carbocycles. The maximum atomic E-state index is 13.1. The molecular weight excluding hydrogens is 265 g/mol. The third kappa shape index (κ3) is 3.28. The second kappa shape index (κ2) is 5.23. The zero-order valence-electron chi connectivity index (χ0n) is 8.17. The van der Waals surface area contributed by atoms with Crippen LogP contribution in [-0.4, -0.2) is 13.1 Å². The molecule has 1 atom stereocenters. The Hall–Kier alpha value is -0.940. The summed E-state index contributed by atoms with van der Waals surface area (Å²) in [7, 11) is 1.29. The Labute approximate surface area is 95.5 Å². The Kier molecular flexibility index (Phi) is 4.23. The van der Waals surface area contributed by atoms with Crippen LogP contribution in [-0.2, 0) is 9.53 Å². The molecule has 82 valence electrons. The van der Waals surface area contributed by atoms with Gasteiger partial charge < -0.3 is 10.5 Å². The average Bonchev–Trinajstić information content (AvgIpc) is 2.21. The summed E-state index contributed by atoms with van der Waals surface area (Å²) in [4.78, 5) is 10.9. The molecule has 0 spiro atoms. The number of halogens is 2. The van der Waals surface area contributed by atoms with Gasteiger partial charge in [-0.15, -0.1) is 0 Å². The number of ether oxygens (including phenoxy) is 1. The van der Waals surface area contributed by atoms with Gasteiger partial charge in [-0.1, -0.05) is 6.07 Å². The Bertz CT molecular complexity index is 370. The van der Waals surface area contributed by atoms with Crippen molar-refractivity contribution in [3.8, 4) is 0 Å². The van der Waals surface area contributed by atoms with Crippen LogP contribution in [0, 0.1) is 5.82 Å². The molecule has 0 amide bonds. The van der Waals surface area contributed by atoms with Crippen molar-refractivity contribution in [3.05, 3.63) is 34.1 Å². The largest absolute Gasteiger partial charge is 0.469 e. The molecule has 0 aliphatic heterocycles. The van der Waals surface area contributed by atoms with E-state index in [4.69, 9.17) is 5.73 Å². The smallest absolute Gasteiger partial charge is 0.307 e. The van der Waals surface area contributed by atoms with Gasteiger partial charge in [-0.2, -0.15) is 0 Å². The van der Waals surface area contributed by atoms with Crippen molar-refractivity contribution in [1.82, 2.24) is 0 Å². The van der Waals surface area contributed by atoms with Gasteiger partial charge in [0, 0.05) is 6.04 Å². The van der Waals surface area contributed by atoms with Crippen LogP contribution in [0.1, 0.15) is 18.0 Å². The third-order valence-electron chi connectivity index (χ3n) is 1.99. The second-order valence-electron chi connectivity index (χ2n) is 3.06. The first-order valence-corrected chi connectivity index (χ1v) is 5.11. The fraction of sp³-hybridized carbons (Fsp3) is 0.300. The lowest BCUT2D eigenvalue weighted by atomic mass is 10.1. The van der Waals surface area contributed by atoms with Crippen LogP contribution in [0.15, 0.2) is 22.7 Å². The molecule has 5 heteroatoms. The van der Waals surface area contributed by atoms with E-state index in [1.165, 1.54) is 13.2 Å². The first kappa shape index (κ1) is 12.1. The van der Waals surface area contributed by atoms with Gasteiger partial charge in [0.25, 0.3) is 0 Å². The molecule has 2 N–H and O–H groups in total. The molecule has 0 aliphatic carbocycles. The fourth-order valence-corrected chi connectivity index (χ4v) is 1.37. The Balaban J connectivity index is 2.78. The molecule has 0 bridgehead atoms. The van der Waals surface area contributed by atoms with Crippen molar-refractivity contribution < 1.29 is 13.9 Å². The number of carbonyl (C=O) groups excluding carboxylic acids is 1. The van der Waals surface area contributed by atoms with Crippen LogP contribution >= 0.6 is 15.9 Å². The third-order valence-corrected chi connectivity index (χ3v) is 2.63. The summed E-state index contributed by atoms with van der Waals surface area (Å²) in [5.74, 6) is -0.807. The molecule has 1 aromatic carbocycles. The van der Waals surface area contributed by atoms with Crippen molar-refractivity contribution in [1.29, 1.82) is 0 Å². The molecule has 0 aromatic heterocycles. The predicted octanol–water partition coefficient (Wildman–Crippen LogP) is 2.15. The number of esters is 1. The summed E-state index contributed by atoms with van der Waals surface area (Å²) in [6.07, 6.45) is 0.0393. The molecule has 0 fully saturated rings. The summed E-state index contributed by atoms with van der Waals surface area (Å²) < 4.78 is 18.0. The fourth-order valence-electron chi connectivity index (χ4n) is 1.12. The van der Waals surface area contributed by atoms with Crippen molar-refractivity contribution in [3.63, 3.8) is 0 Å². The lowest BCUT2D eigenvalue weighted by Crippen LogP contribution is -2.16. The molecule has 0 aliphatic rings. The molecule has 0 saturated heterocycles. The van der Waals surface area contributed by atoms with E-state index in [9.17, 15) is 9.18 Å². The summed E-state index contributed by atoms with van der Waals surface area (Å²) in [5, 5.41) is 0. The van der Waals surface area contributed by atoms with Gasteiger partial charge in [-0.25, -0.2) is 4.39 Å². The topological polar surface area (TPSA) is 52.3 Å². The van der Waals surface area contributed by atoms with Crippen LogP contribution in [0.25, 0.3) is 0 Å². The molecule has 3 nitrogen and oxygen atoms in total. The maximum absolute atomic E-state index is 13.1. The average molecular weight is 276 g/mol. The zero-order chi connectivity index (χ0) is 11.4. The van der Waals surface area contributed by atoms with Crippen LogP contribution in [0.3, 0.4) is 0 Å². The number of methoxy groups -OCH3 is 1. The zero-order valence-corrected chi connectivity index (χ0v) is 9.75. The minimum atomic E-state index is -0.542. The molecule has 0 radical (unpaired) electrons. The van der Waals surface area contributed by atoms with E-state index < -0.39 is 17.8 Å². The van der Waals surface area contributed by atoms with Crippen LogP contribution < -0.4 is 5.73 Å². The standard InChI is InChI=1S/C10H11BrFNO2/c1-15-10(14)5-9(13)6-2-3-7(11)8(12)4-6/h2-4,9H,5,13H2,1H3. The van der Waals surface area contributed by atoms with Crippen LogP contribution in [0.2, 0.25) is 0 Å². The number of rotatable bonds is 3. The summed E-state index contributed by atoms with van der Waals surface area (Å²) in [6.45, 7) is 0. The van der Waals surface area contributed by atoms with Crippen LogP contribution in [0.5, 0.6) is 0 Å². The monoisotopic (exact) mass is 275 g/mol. The molecule has 0 heterocycles. The van der Waals surface area contributed by atoms with E-state index in [1.807, 2.05) is 0 Å². The van der Waals surface area contributed by atoms with Crippen LogP contribution in [0.4, 0.5) is 4.39 Å². The number of nitrogens with two attached hydrogens (primary N) is 1. The SMILES string of the molecule is COC(=O)CC(N)c1ccc(Br)c(F)c1. The first-order chi connectivity index (χ1) is 7.04. The number of hydrogen-bond donors (Lipinski definition) is 1. The van der Waals surface area contributed by atoms with E-state index in [0.29, 0.717) is 10.0 Å². The van der Waals surface area contributed by atoms with Gasteiger partial charge in [-0.05, 0) is 33.6 Å². The Morgan fingerprint density at radius 1 is 1.67 bits per heavy atom. The molecule has 15 heavy (non-hydrogen) atoms. The van der Waals surface area contributed by atoms with E-state index in [-0.39, 0.29) is 6.42 Å². The highest BCUT2D eigenvalue weighted by Crippen LogP contribution is 2.21. The minimum Gasteiger partial charge on any atom is -0.469 e. The van der Waals surface area contributed by atoms with Crippen molar-refractivity contribution in [2.24, 2.45) is 5.73 Å². The minimum absolute atomic E-state index is 0.0393. The lowest BCUT2D eigenvalue weighted by Gasteiger charge is -2.10.